The number of alkyl halides is 3. The summed E-state index contributed by atoms with van der Waals surface area (Å²) in [5.41, 5.74) is 0.684. The standard InChI is InChI=1S/C23H28F4N4O4S/c1-15(29-11-17-3-4-19(24)9-18(17)12-29)21-28-10-20(22(32)31(21)14-23(25,26)27)35-13-16-5-7-30(8-6-16)36(2,33)34/h3-4,9-10,15-16H,5-8,11-14H2,1-2H3/t15-/m0/s1. The van der Waals surface area contributed by atoms with Crippen LogP contribution in [0, 0.1) is 11.7 Å². The second-order valence-electron chi connectivity index (χ2n) is 9.40. The molecule has 2 aromatic rings. The highest BCUT2D eigenvalue weighted by molar-refractivity contribution is 7.88. The van der Waals surface area contributed by atoms with Crippen LogP contribution in [0.25, 0.3) is 0 Å². The van der Waals surface area contributed by atoms with Crippen molar-refractivity contribution in [3.05, 3.63) is 57.5 Å². The highest BCUT2D eigenvalue weighted by Crippen LogP contribution is 2.31. The topological polar surface area (TPSA) is 84.7 Å². The Hall–Kier alpha value is -2.51. The van der Waals surface area contributed by atoms with Gasteiger partial charge in [0, 0.05) is 26.2 Å². The molecule has 0 saturated carbocycles. The third-order valence-corrected chi connectivity index (χ3v) is 8.04. The summed E-state index contributed by atoms with van der Waals surface area (Å²) in [6, 6.07) is 3.73. The molecule has 0 bridgehead atoms. The molecule has 8 nitrogen and oxygen atoms in total. The molecule has 0 N–H and O–H groups in total. The molecule has 0 radical (unpaired) electrons. The van der Waals surface area contributed by atoms with Crippen LogP contribution in [0.3, 0.4) is 0 Å². The largest absolute Gasteiger partial charge is 0.486 e. The normalized spacial score (nSPS) is 18.8. The summed E-state index contributed by atoms with van der Waals surface area (Å²) in [5.74, 6) is -0.772. The lowest BCUT2D eigenvalue weighted by Crippen LogP contribution is -2.39. The minimum absolute atomic E-state index is 0.0411. The first-order valence-corrected chi connectivity index (χ1v) is 13.4. The fourth-order valence-corrected chi connectivity index (χ4v) is 5.57. The minimum Gasteiger partial charge on any atom is -0.486 e. The molecule has 36 heavy (non-hydrogen) atoms. The van der Waals surface area contributed by atoms with Gasteiger partial charge in [-0.05, 0) is 48.9 Å². The van der Waals surface area contributed by atoms with Crippen molar-refractivity contribution in [2.24, 2.45) is 5.92 Å². The van der Waals surface area contributed by atoms with Gasteiger partial charge < -0.3 is 4.74 Å². The summed E-state index contributed by atoms with van der Waals surface area (Å²) < 4.78 is 84.7. The number of hydrogen-bond donors (Lipinski definition) is 0. The van der Waals surface area contributed by atoms with Crippen molar-refractivity contribution in [2.75, 3.05) is 26.0 Å². The Bertz CT molecular complexity index is 1270. The Morgan fingerprint density at radius 3 is 2.47 bits per heavy atom. The van der Waals surface area contributed by atoms with Crippen molar-refractivity contribution in [2.45, 2.75) is 51.6 Å². The molecule has 1 aromatic carbocycles. The maximum Gasteiger partial charge on any atom is 0.406 e. The van der Waals surface area contributed by atoms with Gasteiger partial charge in [0.05, 0.1) is 25.1 Å². The first-order valence-electron chi connectivity index (χ1n) is 11.6. The van der Waals surface area contributed by atoms with Gasteiger partial charge in [-0.2, -0.15) is 13.2 Å². The summed E-state index contributed by atoms with van der Waals surface area (Å²) in [5, 5.41) is 0. The van der Waals surface area contributed by atoms with Crippen molar-refractivity contribution >= 4 is 10.0 Å². The van der Waals surface area contributed by atoms with E-state index in [2.05, 4.69) is 4.98 Å². The second-order valence-corrected chi connectivity index (χ2v) is 11.4. The Kier molecular flexibility index (Phi) is 7.45. The van der Waals surface area contributed by atoms with Gasteiger partial charge in [-0.1, -0.05) is 6.07 Å². The highest BCUT2D eigenvalue weighted by atomic mass is 32.2. The number of ether oxygens (including phenoxy) is 1. The predicted octanol–water partition coefficient (Wildman–Crippen LogP) is 3.07. The number of benzene rings is 1. The van der Waals surface area contributed by atoms with Crippen molar-refractivity contribution < 1.29 is 30.7 Å². The molecule has 1 fully saturated rings. The van der Waals surface area contributed by atoms with E-state index in [1.807, 2.05) is 4.90 Å². The lowest BCUT2D eigenvalue weighted by molar-refractivity contribution is -0.142. The molecule has 1 aromatic heterocycles. The van der Waals surface area contributed by atoms with Crippen LogP contribution in [0.4, 0.5) is 17.6 Å². The van der Waals surface area contributed by atoms with E-state index < -0.39 is 34.3 Å². The summed E-state index contributed by atoms with van der Waals surface area (Å²) in [7, 11) is -3.29. The smallest absolute Gasteiger partial charge is 0.406 e. The molecule has 0 aliphatic carbocycles. The third-order valence-electron chi connectivity index (χ3n) is 6.74. The van der Waals surface area contributed by atoms with E-state index in [1.54, 1.807) is 13.0 Å². The maximum absolute atomic E-state index is 13.6. The minimum atomic E-state index is -4.66. The van der Waals surface area contributed by atoms with Gasteiger partial charge in [-0.3, -0.25) is 14.3 Å². The molecule has 0 spiro atoms. The molecule has 1 atom stereocenters. The number of sulfonamides is 1. The van der Waals surface area contributed by atoms with Gasteiger partial charge in [-0.25, -0.2) is 22.1 Å². The Morgan fingerprint density at radius 1 is 1.17 bits per heavy atom. The first-order chi connectivity index (χ1) is 16.8. The SMILES string of the molecule is C[C@@H](c1ncc(OCC2CCN(S(C)(=O)=O)CC2)c(=O)n1CC(F)(F)F)N1Cc2ccc(F)cc2C1. The predicted molar refractivity (Wildman–Crippen MR) is 123 cm³/mol. The average Bonchev–Trinajstić information content (AvgIpc) is 3.21. The van der Waals surface area contributed by atoms with E-state index in [1.165, 1.54) is 16.4 Å². The van der Waals surface area contributed by atoms with Crippen LogP contribution in [0.2, 0.25) is 0 Å². The summed E-state index contributed by atoms with van der Waals surface area (Å²) in [6.45, 7) is 1.57. The van der Waals surface area contributed by atoms with Gasteiger partial charge in [-0.15, -0.1) is 0 Å². The van der Waals surface area contributed by atoms with Crippen LogP contribution in [-0.4, -0.2) is 59.3 Å². The zero-order chi connectivity index (χ0) is 26.3. The fourth-order valence-electron chi connectivity index (χ4n) is 4.69. The molecule has 0 unspecified atom stereocenters. The molecule has 2 aliphatic rings. The van der Waals surface area contributed by atoms with Gasteiger partial charge in [0.2, 0.25) is 15.8 Å². The molecule has 13 heteroatoms. The van der Waals surface area contributed by atoms with Crippen molar-refractivity contribution in [1.29, 1.82) is 0 Å². The van der Waals surface area contributed by atoms with Crippen LogP contribution in [0.1, 0.15) is 42.8 Å². The van der Waals surface area contributed by atoms with Crippen molar-refractivity contribution in [3.8, 4) is 5.75 Å². The van der Waals surface area contributed by atoms with E-state index in [-0.39, 0.29) is 29.9 Å². The number of aromatic nitrogens is 2. The number of fused-ring (bicyclic) bond motifs is 1. The van der Waals surface area contributed by atoms with Gasteiger partial charge in [0.15, 0.2) is 0 Å². The monoisotopic (exact) mass is 532 g/mol. The lowest BCUT2D eigenvalue weighted by atomic mass is 9.99. The molecular formula is C23H28F4N4O4S. The van der Waals surface area contributed by atoms with Crippen LogP contribution < -0.4 is 10.3 Å². The van der Waals surface area contributed by atoms with Crippen LogP contribution in [0.5, 0.6) is 5.75 Å². The lowest BCUT2D eigenvalue weighted by Gasteiger charge is -2.30. The molecule has 3 heterocycles. The number of rotatable bonds is 7. The molecule has 0 amide bonds. The second kappa shape index (κ2) is 10.1. The Morgan fingerprint density at radius 2 is 1.83 bits per heavy atom. The third kappa shape index (κ3) is 6.06. The maximum atomic E-state index is 13.6. The van der Waals surface area contributed by atoms with Gasteiger partial charge in [0.25, 0.3) is 5.56 Å². The molecule has 4 rings (SSSR count). The fraction of sp³-hybridized carbons (Fsp3) is 0.565. The Labute approximate surface area is 206 Å². The quantitative estimate of drug-likeness (QED) is 0.510. The van der Waals surface area contributed by atoms with Crippen LogP contribution in [0.15, 0.2) is 29.2 Å². The molecule has 1 saturated heterocycles. The van der Waals surface area contributed by atoms with E-state index in [0.29, 0.717) is 43.6 Å². The number of piperidine rings is 1. The van der Waals surface area contributed by atoms with Crippen molar-refractivity contribution in [1.82, 2.24) is 18.8 Å². The molecular weight excluding hydrogens is 504 g/mol. The zero-order valence-corrected chi connectivity index (χ0v) is 20.8. The van der Waals surface area contributed by atoms with E-state index in [0.717, 1.165) is 23.6 Å². The van der Waals surface area contributed by atoms with Crippen molar-refractivity contribution in [3.63, 3.8) is 0 Å². The number of nitrogens with zero attached hydrogens (tertiary/aromatic N) is 4. The highest BCUT2D eigenvalue weighted by Gasteiger charge is 2.34. The number of hydrogen-bond acceptors (Lipinski definition) is 6. The summed E-state index contributed by atoms with van der Waals surface area (Å²) >= 11 is 0. The summed E-state index contributed by atoms with van der Waals surface area (Å²) in [6.07, 6.45) is -1.34. The Balaban J connectivity index is 1.51. The van der Waals surface area contributed by atoms with E-state index in [9.17, 15) is 30.8 Å². The number of halogens is 4. The average molecular weight is 533 g/mol. The van der Waals surface area contributed by atoms with E-state index in [4.69, 9.17) is 4.74 Å². The van der Waals surface area contributed by atoms with E-state index >= 15 is 0 Å². The first kappa shape index (κ1) is 26.6. The van der Waals surface area contributed by atoms with Gasteiger partial charge >= 0.3 is 6.18 Å². The van der Waals surface area contributed by atoms with Crippen LogP contribution >= 0.6 is 0 Å². The van der Waals surface area contributed by atoms with Gasteiger partial charge in [0.1, 0.15) is 18.2 Å². The zero-order valence-electron chi connectivity index (χ0n) is 20.0. The molecule has 2 aliphatic heterocycles. The summed E-state index contributed by atoms with van der Waals surface area (Å²) in [4.78, 5) is 19.1. The molecule has 198 valence electrons. The van der Waals surface area contributed by atoms with Crippen LogP contribution in [-0.2, 0) is 29.7 Å².